The highest BCUT2D eigenvalue weighted by Crippen LogP contribution is 2.32. The average molecular weight is 586 g/mol. The van der Waals surface area contributed by atoms with Crippen molar-refractivity contribution in [1.29, 1.82) is 0 Å². The van der Waals surface area contributed by atoms with Crippen molar-refractivity contribution in [2.75, 3.05) is 19.7 Å². The van der Waals surface area contributed by atoms with E-state index in [1.807, 2.05) is 0 Å². The summed E-state index contributed by atoms with van der Waals surface area (Å²) < 4.78 is 22.5. The molecule has 16 atom stereocenters. The molecule has 0 aromatic carbocycles. The largest absolute Gasteiger partial charge is 0.394 e. The molecule has 0 aromatic rings. The fraction of sp³-hybridized carbons (Fsp3) is 0.955. The molecule has 40 heavy (non-hydrogen) atoms. The number of ether oxygens (including phenoxy) is 4. The lowest BCUT2D eigenvalue weighted by atomic mass is 9.83. The Morgan fingerprint density at radius 3 is 2.05 bits per heavy atom. The normalized spacial score (nSPS) is 47.0. The van der Waals surface area contributed by atoms with Gasteiger partial charge in [0, 0.05) is 12.6 Å². The molecule has 1 aliphatic carbocycles. The third-order valence-electron chi connectivity index (χ3n) is 7.51. The van der Waals surface area contributed by atoms with Crippen molar-refractivity contribution in [3.05, 3.63) is 0 Å². The van der Waals surface area contributed by atoms with E-state index in [4.69, 9.17) is 41.9 Å². The molecule has 18 heteroatoms. The number of rotatable bonds is 10. The Balaban J connectivity index is 1.85. The highest BCUT2D eigenvalue weighted by molar-refractivity contribution is 5.80. The number of carbonyl (C=O) groups is 1. The van der Waals surface area contributed by atoms with Crippen molar-refractivity contribution in [3.8, 4) is 0 Å². The van der Waals surface area contributed by atoms with Crippen molar-refractivity contribution < 1.29 is 64.6 Å². The number of nitrogens with two attached hydrogens (primary N) is 4. The molecule has 2 saturated heterocycles. The van der Waals surface area contributed by atoms with Crippen LogP contribution in [0, 0.1) is 0 Å². The van der Waals surface area contributed by atoms with Crippen LogP contribution in [0.5, 0.6) is 0 Å². The van der Waals surface area contributed by atoms with E-state index in [9.17, 15) is 45.6 Å². The highest BCUT2D eigenvalue weighted by atomic mass is 16.7. The molecule has 1 amide bonds. The van der Waals surface area contributed by atoms with E-state index in [-0.39, 0.29) is 25.9 Å². The summed E-state index contributed by atoms with van der Waals surface area (Å²) in [6, 6.07) is -3.45. The first-order valence-electron chi connectivity index (χ1n) is 13.1. The number of aliphatic hydroxyl groups is 8. The lowest BCUT2D eigenvalue weighted by Gasteiger charge is -2.49. The van der Waals surface area contributed by atoms with Gasteiger partial charge in [0.2, 0.25) is 5.91 Å². The Hall–Kier alpha value is -1.17. The predicted molar refractivity (Wildman–Crippen MR) is 131 cm³/mol. The average Bonchev–Trinajstić information content (AvgIpc) is 2.92. The van der Waals surface area contributed by atoms with Crippen LogP contribution in [0.4, 0.5) is 0 Å². The van der Waals surface area contributed by atoms with Gasteiger partial charge in [0.15, 0.2) is 12.6 Å². The molecule has 18 nitrogen and oxygen atoms in total. The maximum Gasteiger partial charge on any atom is 0.249 e. The second kappa shape index (κ2) is 14.3. The first-order valence-corrected chi connectivity index (χ1v) is 13.1. The van der Waals surface area contributed by atoms with Crippen LogP contribution < -0.4 is 28.3 Å². The molecule has 2 heterocycles. The van der Waals surface area contributed by atoms with E-state index in [0.29, 0.717) is 0 Å². The molecule has 3 rings (SSSR count). The summed E-state index contributed by atoms with van der Waals surface area (Å²) in [5.74, 6) is -0.845. The van der Waals surface area contributed by atoms with Gasteiger partial charge in [-0.3, -0.25) is 4.79 Å². The molecule has 0 aromatic heterocycles. The third kappa shape index (κ3) is 7.06. The summed E-state index contributed by atoms with van der Waals surface area (Å²) in [6.07, 6.45) is -19.8. The van der Waals surface area contributed by atoms with Gasteiger partial charge in [-0.15, -0.1) is 0 Å². The molecule has 0 radical (unpaired) electrons. The van der Waals surface area contributed by atoms with Crippen LogP contribution in [0.1, 0.15) is 12.8 Å². The topological polar surface area (TPSA) is 332 Å². The predicted octanol–water partition coefficient (Wildman–Crippen LogP) is -8.42. The van der Waals surface area contributed by atoms with Crippen LogP contribution in [0.2, 0.25) is 0 Å². The van der Waals surface area contributed by atoms with E-state index in [2.05, 4.69) is 5.32 Å². The maximum atomic E-state index is 12.6. The third-order valence-corrected chi connectivity index (χ3v) is 7.51. The lowest BCUT2D eigenvalue weighted by Crippen LogP contribution is -2.69. The van der Waals surface area contributed by atoms with Gasteiger partial charge in [0.05, 0.1) is 18.7 Å². The van der Waals surface area contributed by atoms with E-state index >= 15 is 0 Å². The Labute approximate surface area is 229 Å². The van der Waals surface area contributed by atoms with Crippen LogP contribution in [-0.4, -0.2) is 164 Å². The maximum absolute atomic E-state index is 12.6. The number of carbonyl (C=O) groups excluding carboxylic acids is 1. The van der Waals surface area contributed by atoms with Crippen LogP contribution in [0.15, 0.2) is 0 Å². The zero-order chi connectivity index (χ0) is 29.9. The molecular weight excluding hydrogens is 542 g/mol. The minimum absolute atomic E-state index is 0.0101. The number of amides is 1. The quantitative estimate of drug-likeness (QED) is 0.113. The van der Waals surface area contributed by atoms with E-state index in [1.54, 1.807) is 0 Å². The Kier molecular flexibility index (Phi) is 11.9. The minimum atomic E-state index is -1.76. The fourth-order valence-corrected chi connectivity index (χ4v) is 5.07. The summed E-state index contributed by atoms with van der Waals surface area (Å²) in [4.78, 5) is 12.6. The van der Waals surface area contributed by atoms with E-state index < -0.39 is 110 Å². The first-order chi connectivity index (χ1) is 18.9. The molecule has 17 N–H and O–H groups in total. The summed E-state index contributed by atoms with van der Waals surface area (Å²) >= 11 is 0. The van der Waals surface area contributed by atoms with Crippen LogP contribution in [0.25, 0.3) is 0 Å². The number of hydrogen-bond donors (Lipinski definition) is 13. The minimum Gasteiger partial charge on any atom is -0.394 e. The zero-order valence-corrected chi connectivity index (χ0v) is 21.7. The molecule has 234 valence electrons. The lowest BCUT2D eigenvalue weighted by molar-refractivity contribution is -0.332. The van der Waals surface area contributed by atoms with Gasteiger partial charge in [-0.05, 0) is 19.4 Å². The van der Waals surface area contributed by atoms with Crippen molar-refractivity contribution >= 4 is 5.91 Å². The van der Waals surface area contributed by atoms with Crippen LogP contribution in [0.3, 0.4) is 0 Å². The van der Waals surface area contributed by atoms with E-state index in [0.717, 1.165) is 0 Å². The Bertz CT molecular complexity index is 815. The van der Waals surface area contributed by atoms with Crippen molar-refractivity contribution in [1.82, 2.24) is 5.32 Å². The SMILES string of the molecule is NCCC(O)C(=O)N[C@@H]1C[C@H](N)C(O[C@H]2O[C@H](CN)[C@H](O)[C@H](O)[C@H]2O)[C@@H](O)[C@@H]1O[C@H]1OC(CO)[C@@H](O)[C@H](N)[C@H]1O. The van der Waals surface area contributed by atoms with Crippen molar-refractivity contribution in [2.45, 2.75) is 111 Å². The highest BCUT2D eigenvalue weighted by Gasteiger charge is 2.52. The number of aliphatic hydroxyl groups excluding tert-OH is 8. The van der Waals surface area contributed by atoms with Gasteiger partial charge in [-0.2, -0.15) is 0 Å². The Morgan fingerprint density at radius 1 is 0.850 bits per heavy atom. The standard InChI is InChI=1S/C22H43N5O13/c23-2-1-8(29)20(36)27-7-3-6(25)18(39-22-16(34)15(33)13(31)9(4-24)37-22)17(35)19(7)40-21-14(32)11(26)12(30)10(5-28)38-21/h6-19,21-22,28-35H,1-5,23-26H2,(H,27,36)/t6-,7+,8?,9+,10?,11-,12+,13-,14+,15-,16+,17+,18?,19+,21+,22+/m0/s1. The number of hydrogen-bond acceptors (Lipinski definition) is 17. The second-order valence-corrected chi connectivity index (χ2v) is 10.3. The first kappa shape index (κ1) is 33.3. The molecule has 3 fully saturated rings. The van der Waals surface area contributed by atoms with Gasteiger partial charge in [-0.1, -0.05) is 0 Å². The molecule has 0 bridgehead atoms. The molecule has 2 aliphatic heterocycles. The number of nitrogens with one attached hydrogen (secondary N) is 1. The zero-order valence-electron chi connectivity index (χ0n) is 21.7. The summed E-state index contributed by atoms with van der Waals surface area (Å²) in [7, 11) is 0. The molecule has 1 saturated carbocycles. The summed E-state index contributed by atoms with van der Waals surface area (Å²) in [5, 5.41) is 84.9. The van der Waals surface area contributed by atoms with Gasteiger partial charge in [-0.25, -0.2) is 0 Å². The Morgan fingerprint density at radius 2 is 1.45 bits per heavy atom. The fourth-order valence-electron chi connectivity index (χ4n) is 5.07. The monoisotopic (exact) mass is 585 g/mol. The van der Waals surface area contributed by atoms with Crippen molar-refractivity contribution in [2.24, 2.45) is 22.9 Å². The molecule has 0 spiro atoms. The van der Waals surface area contributed by atoms with Gasteiger partial charge in [0.1, 0.15) is 67.1 Å². The van der Waals surface area contributed by atoms with Gasteiger partial charge in [0.25, 0.3) is 0 Å². The summed E-state index contributed by atoms with van der Waals surface area (Å²) in [6.45, 7) is -0.898. The van der Waals surface area contributed by atoms with Gasteiger partial charge >= 0.3 is 0 Å². The second-order valence-electron chi connectivity index (χ2n) is 10.3. The molecule has 3 unspecified atom stereocenters. The van der Waals surface area contributed by atoms with Crippen LogP contribution in [-0.2, 0) is 23.7 Å². The van der Waals surface area contributed by atoms with E-state index in [1.165, 1.54) is 0 Å². The molecule has 3 aliphatic rings. The smallest absolute Gasteiger partial charge is 0.249 e. The summed E-state index contributed by atoms with van der Waals surface area (Å²) in [5.41, 5.74) is 23.1. The van der Waals surface area contributed by atoms with Crippen LogP contribution >= 0.6 is 0 Å². The van der Waals surface area contributed by atoms with Gasteiger partial charge < -0.3 is 88.1 Å². The molecular formula is C22H43N5O13. The van der Waals surface area contributed by atoms with Crippen molar-refractivity contribution in [3.63, 3.8) is 0 Å².